The number of aliphatic hydroxyl groups is 2. The number of hydrogen-bond donors (Lipinski definition) is 3. The van der Waals surface area contributed by atoms with E-state index < -0.39 is 58.4 Å². The Bertz CT molecular complexity index is 1620. The molecule has 0 spiro atoms. The highest BCUT2D eigenvalue weighted by Gasteiger charge is 2.57. The lowest BCUT2D eigenvalue weighted by Crippen LogP contribution is -2.51. The van der Waals surface area contributed by atoms with Gasteiger partial charge >= 0.3 is 6.18 Å². The number of hydrogen-bond acceptors (Lipinski definition) is 7. The molecule has 0 saturated heterocycles. The van der Waals surface area contributed by atoms with Gasteiger partial charge in [-0.1, -0.05) is 0 Å². The molecule has 8 nitrogen and oxygen atoms in total. The third kappa shape index (κ3) is 5.81. The Morgan fingerprint density at radius 2 is 1.66 bits per heavy atom. The molecule has 216 valence electrons. The lowest BCUT2D eigenvalue weighted by atomic mass is 9.90. The first-order chi connectivity index (χ1) is 19.0. The lowest BCUT2D eigenvalue weighted by Gasteiger charge is -2.32. The average Bonchev–Trinajstić information content (AvgIpc) is 2.90. The second kappa shape index (κ2) is 10.6. The summed E-state index contributed by atoms with van der Waals surface area (Å²) >= 11 is 0. The van der Waals surface area contributed by atoms with Crippen molar-refractivity contribution in [3.8, 4) is 17.0 Å². The molecule has 0 aliphatic heterocycles. The minimum atomic E-state index is -5.42. The molecular formula is C28H25F5N4O4. The summed E-state index contributed by atoms with van der Waals surface area (Å²) in [6.45, 7) is 2.51. The van der Waals surface area contributed by atoms with Crippen molar-refractivity contribution in [2.24, 2.45) is 0 Å². The van der Waals surface area contributed by atoms with Crippen LogP contribution in [-0.2, 0) is 11.2 Å². The second-order valence-corrected chi connectivity index (χ2v) is 9.93. The number of carbonyl (C=O) groups excluding carboxylic acids is 1. The van der Waals surface area contributed by atoms with Crippen LogP contribution < -0.4 is 10.1 Å². The quantitative estimate of drug-likeness (QED) is 0.273. The first-order valence-corrected chi connectivity index (χ1v) is 12.1. The number of carbonyl (C=O) groups is 1. The second-order valence-electron chi connectivity index (χ2n) is 9.93. The number of nitrogens with one attached hydrogen (secondary N) is 1. The Morgan fingerprint density at radius 3 is 2.24 bits per heavy atom. The zero-order valence-corrected chi connectivity index (χ0v) is 22.3. The topological polar surface area (TPSA) is 117 Å². The fourth-order valence-corrected chi connectivity index (χ4v) is 4.15. The van der Waals surface area contributed by atoms with E-state index >= 15 is 4.39 Å². The van der Waals surface area contributed by atoms with Crippen LogP contribution in [0.3, 0.4) is 0 Å². The van der Waals surface area contributed by atoms with Gasteiger partial charge in [-0.2, -0.15) is 18.3 Å². The van der Waals surface area contributed by atoms with Gasteiger partial charge in [-0.3, -0.25) is 4.79 Å². The number of fused-ring (bicyclic) bond motifs is 1. The van der Waals surface area contributed by atoms with Gasteiger partial charge in [0.25, 0.3) is 5.91 Å². The fourth-order valence-electron chi connectivity index (χ4n) is 4.15. The molecule has 0 radical (unpaired) electrons. The molecule has 0 fully saturated rings. The molecule has 0 unspecified atom stereocenters. The van der Waals surface area contributed by atoms with Gasteiger partial charge in [0.2, 0.25) is 5.60 Å². The van der Waals surface area contributed by atoms with Gasteiger partial charge < -0.3 is 20.3 Å². The van der Waals surface area contributed by atoms with Crippen molar-refractivity contribution in [2.75, 3.05) is 13.7 Å². The van der Waals surface area contributed by atoms with Crippen molar-refractivity contribution in [1.82, 2.24) is 20.5 Å². The predicted molar refractivity (Wildman–Crippen MR) is 138 cm³/mol. The summed E-state index contributed by atoms with van der Waals surface area (Å²) in [7, 11) is 1.32. The van der Waals surface area contributed by atoms with E-state index in [4.69, 9.17) is 4.74 Å². The van der Waals surface area contributed by atoms with Crippen LogP contribution in [0.15, 0.2) is 48.5 Å². The van der Waals surface area contributed by atoms with E-state index in [1.165, 1.54) is 19.2 Å². The molecule has 3 N–H and O–H groups in total. The Morgan fingerprint density at radius 1 is 1.00 bits per heavy atom. The van der Waals surface area contributed by atoms with E-state index in [1.807, 2.05) is 0 Å². The summed E-state index contributed by atoms with van der Waals surface area (Å²) in [5.41, 5.74) is -7.55. The van der Waals surface area contributed by atoms with Gasteiger partial charge in [0.05, 0.1) is 30.6 Å². The van der Waals surface area contributed by atoms with Crippen LogP contribution in [0.2, 0.25) is 0 Å². The first-order valence-electron chi connectivity index (χ1n) is 12.1. The molecule has 0 aliphatic rings. The van der Waals surface area contributed by atoms with Crippen molar-refractivity contribution in [1.29, 1.82) is 0 Å². The number of ether oxygens (including phenoxy) is 1. The summed E-state index contributed by atoms with van der Waals surface area (Å²) in [4.78, 5) is 16.8. The third-order valence-electron chi connectivity index (χ3n) is 6.39. The van der Waals surface area contributed by atoms with Crippen LogP contribution in [0, 0.1) is 18.6 Å². The maximum atomic E-state index is 15.4. The first kappa shape index (κ1) is 29.7. The van der Waals surface area contributed by atoms with Crippen molar-refractivity contribution in [3.63, 3.8) is 0 Å². The molecule has 1 amide bonds. The Hall–Kier alpha value is -4.23. The number of aryl methyl sites for hydroxylation is 1. The van der Waals surface area contributed by atoms with Gasteiger partial charge in [0, 0.05) is 22.1 Å². The van der Waals surface area contributed by atoms with E-state index in [0.717, 1.165) is 38.1 Å². The van der Waals surface area contributed by atoms with Gasteiger partial charge in [-0.15, -0.1) is 5.10 Å². The van der Waals surface area contributed by atoms with E-state index in [9.17, 15) is 32.6 Å². The number of methoxy groups -OCH3 is 1. The zero-order valence-electron chi connectivity index (χ0n) is 22.3. The Labute approximate surface area is 230 Å². The molecule has 0 aliphatic carbocycles. The number of nitrogens with zero attached hydrogens (tertiary/aromatic N) is 3. The molecule has 2 aromatic heterocycles. The summed E-state index contributed by atoms with van der Waals surface area (Å²) in [6, 6.07) is 8.90. The molecule has 0 bridgehead atoms. The van der Waals surface area contributed by atoms with Crippen molar-refractivity contribution in [3.05, 3.63) is 82.7 Å². The maximum Gasteiger partial charge on any atom is 0.424 e. The highest BCUT2D eigenvalue weighted by Crippen LogP contribution is 2.41. The van der Waals surface area contributed by atoms with E-state index in [2.05, 4.69) is 20.5 Å². The number of amides is 1. The number of benzene rings is 2. The van der Waals surface area contributed by atoms with Gasteiger partial charge in [-0.05, 0) is 69.3 Å². The van der Waals surface area contributed by atoms with Crippen LogP contribution in [0.4, 0.5) is 22.0 Å². The molecule has 2 heterocycles. The summed E-state index contributed by atoms with van der Waals surface area (Å²) in [6.07, 6.45) is -5.42. The molecular weight excluding hydrogens is 551 g/mol. The highest BCUT2D eigenvalue weighted by molar-refractivity contribution is 5.99. The van der Waals surface area contributed by atoms with Crippen LogP contribution >= 0.6 is 0 Å². The number of alkyl halides is 3. The largest absolute Gasteiger partial charge is 0.494 e. The number of halogens is 5. The van der Waals surface area contributed by atoms with Crippen LogP contribution in [0.5, 0.6) is 5.75 Å². The van der Waals surface area contributed by atoms with Gasteiger partial charge in [0.1, 0.15) is 22.8 Å². The monoisotopic (exact) mass is 576 g/mol. The third-order valence-corrected chi connectivity index (χ3v) is 6.39. The Balaban J connectivity index is 1.79. The van der Waals surface area contributed by atoms with Gasteiger partial charge in [-0.25, -0.2) is 13.8 Å². The van der Waals surface area contributed by atoms with Crippen LogP contribution in [0.1, 0.15) is 41.2 Å². The molecule has 4 rings (SSSR count). The van der Waals surface area contributed by atoms with Crippen molar-refractivity contribution >= 4 is 16.8 Å². The number of aromatic nitrogens is 3. The molecule has 0 saturated carbocycles. The van der Waals surface area contributed by atoms with Gasteiger partial charge in [0.15, 0.2) is 5.82 Å². The SMILES string of the molecule is COc1cc(C(=O)NC[C@](O)(c2cc(C(C)(C)O)c(F)c(-c3ccc(F)cc3)n2)C(F)(F)F)cc2cc(C)nnc12. The summed E-state index contributed by atoms with van der Waals surface area (Å²) in [5, 5.41) is 32.0. The Kier molecular flexibility index (Phi) is 7.71. The molecule has 41 heavy (non-hydrogen) atoms. The smallest absolute Gasteiger partial charge is 0.424 e. The highest BCUT2D eigenvalue weighted by atomic mass is 19.4. The minimum Gasteiger partial charge on any atom is -0.494 e. The van der Waals surface area contributed by atoms with Crippen LogP contribution in [-0.4, -0.2) is 51.1 Å². The van der Waals surface area contributed by atoms with E-state index in [1.54, 1.807) is 13.0 Å². The zero-order chi connectivity index (χ0) is 30.3. The van der Waals surface area contributed by atoms with E-state index in [-0.39, 0.29) is 16.9 Å². The lowest BCUT2D eigenvalue weighted by molar-refractivity contribution is -0.265. The standard InChI is InChI=1S/C28H25F5N4O4/c1-14-9-16-10-17(11-20(41-4)23(16)37-36-14)25(38)34-13-27(40,28(31,32)33)21-12-19(26(2,3)39)22(30)24(35-21)15-5-7-18(29)8-6-15/h5-12,39-40H,13H2,1-4H3,(H,34,38)/t27-/m0/s1. The number of rotatable bonds is 7. The van der Waals surface area contributed by atoms with Crippen molar-refractivity contribution < 1.29 is 41.7 Å². The van der Waals surface area contributed by atoms with Crippen molar-refractivity contribution in [2.45, 2.75) is 38.1 Å². The number of pyridine rings is 1. The van der Waals surface area contributed by atoms with Crippen LogP contribution in [0.25, 0.3) is 22.2 Å². The minimum absolute atomic E-state index is 0.0949. The summed E-state index contributed by atoms with van der Waals surface area (Å²) in [5.74, 6) is -2.70. The molecule has 2 aromatic carbocycles. The summed E-state index contributed by atoms with van der Waals surface area (Å²) < 4.78 is 77.5. The average molecular weight is 577 g/mol. The maximum absolute atomic E-state index is 15.4. The molecule has 13 heteroatoms. The molecule has 4 aromatic rings. The van der Waals surface area contributed by atoms with E-state index in [0.29, 0.717) is 22.7 Å². The fraction of sp³-hybridized carbons (Fsp3) is 0.286. The molecule has 1 atom stereocenters. The normalized spacial score (nSPS) is 13.6. The predicted octanol–water partition coefficient (Wildman–Crippen LogP) is 4.69.